The molecule has 3 N–H and O–H groups in total. The topological polar surface area (TPSA) is 98.7 Å². The van der Waals surface area contributed by atoms with Gasteiger partial charge in [-0.1, -0.05) is 11.6 Å². The number of amides is 3. The lowest BCUT2D eigenvalue weighted by atomic mass is 10.2. The van der Waals surface area contributed by atoms with Crippen molar-refractivity contribution in [3.8, 4) is 0 Å². The zero-order valence-electron chi connectivity index (χ0n) is 11.2. The molecule has 1 fully saturated rings. The fraction of sp³-hybridized carbons (Fsp3) is 0.308. The highest BCUT2D eigenvalue weighted by Gasteiger charge is 2.30. The number of hydrogen-bond acceptors (Lipinski definition) is 3. The van der Waals surface area contributed by atoms with E-state index in [1.165, 1.54) is 23.1 Å². The number of urea groups is 1. The maximum atomic E-state index is 11.8. The third kappa shape index (κ3) is 3.63. The van der Waals surface area contributed by atoms with Crippen LogP contribution in [-0.2, 0) is 4.79 Å². The maximum absolute atomic E-state index is 11.8. The van der Waals surface area contributed by atoms with Gasteiger partial charge in [0.25, 0.3) is 0 Å². The molecule has 8 heteroatoms. The molecule has 1 saturated heterocycles. The van der Waals surface area contributed by atoms with Gasteiger partial charge in [-0.15, -0.1) is 0 Å². The monoisotopic (exact) mass is 311 g/mol. The van der Waals surface area contributed by atoms with Crippen LogP contribution in [0.1, 0.15) is 16.8 Å². The van der Waals surface area contributed by atoms with Crippen LogP contribution in [0.4, 0.5) is 10.5 Å². The number of hydrogen-bond donors (Lipinski definition) is 3. The summed E-state index contributed by atoms with van der Waals surface area (Å²) in [6, 6.07) is 2.85. The van der Waals surface area contributed by atoms with Crippen molar-refractivity contribution in [2.75, 3.05) is 18.9 Å². The van der Waals surface area contributed by atoms with Crippen LogP contribution in [-0.4, -0.2) is 47.5 Å². The molecule has 1 atom stereocenters. The van der Waals surface area contributed by atoms with Crippen molar-refractivity contribution in [2.45, 2.75) is 12.5 Å². The normalized spacial score (nSPS) is 17.7. The van der Waals surface area contributed by atoms with Crippen LogP contribution >= 0.6 is 11.6 Å². The summed E-state index contributed by atoms with van der Waals surface area (Å²) in [4.78, 5) is 36.0. The van der Waals surface area contributed by atoms with Gasteiger partial charge in [-0.05, 0) is 24.6 Å². The van der Waals surface area contributed by atoms with Crippen molar-refractivity contribution in [3.63, 3.8) is 0 Å². The maximum Gasteiger partial charge on any atom is 0.335 e. The molecule has 1 heterocycles. The molecule has 1 unspecified atom stereocenters. The first kappa shape index (κ1) is 15.1. The number of likely N-dealkylation sites (tertiary alicyclic amines) is 1. The predicted octanol–water partition coefficient (Wildman–Crippen LogP) is 1.39. The molecular weight excluding hydrogens is 298 g/mol. The van der Waals surface area contributed by atoms with E-state index in [9.17, 15) is 14.4 Å². The van der Waals surface area contributed by atoms with Gasteiger partial charge in [0.2, 0.25) is 5.91 Å². The van der Waals surface area contributed by atoms with E-state index >= 15 is 0 Å². The van der Waals surface area contributed by atoms with Crippen LogP contribution in [0.2, 0.25) is 5.02 Å². The van der Waals surface area contributed by atoms with E-state index in [1.54, 1.807) is 7.05 Å². The second kappa shape index (κ2) is 6.01. The molecule has 0 spiro atoms. The Morgan fingerprint density at radius 2 is 2.10 bits per heavy atom. The lowest BCUT2D eigenvalue weighted by Gasteiger charge is -2.13. The molecule has 1 aliphatic rings. The van der Waals surface area contributed by atoms with Gasteiger partial charge in [-0.3, -0.25) is 4.79 Å². The van der Waals surface area contributed by atoms with Crippen molar-refractivity contribution in [1.29, 1.82) is 0 Å². The quantitative estimate of drug-likeness (QED) is 0.785. The van der Waals surface area contributed by atoms with Crippen molar-refractivity contribution < 1.29 is 19.5 Å². The van der Waals surface area contributed by atoms with Crippen molar-refractivity contribution in [3.05, 3.63) is 28.8 Å². The van der Waals surface area contributed by atoms with Crippen LogP contribution < -0.4 is 10.6 Å². The van der Waals surface area contributed by atoms with Crippen LogP contribution in [0.3, 0.4) is 0 Å². The number of likely N-dealkylation sites (N-methyl/N-ethyl adjacent to an activating group) is 1. The third-order valence-corrected chi connectivity index (χ3v) is 3.35. The average molecular weight is 312 g/mol. The van der Waals surface area contributed by atoms with Gasteiger partial charge in [0.1, 0.15) is 6.04 Å². The number of nitrogens with zero attached hydrogens (tertiary/aromatic N) is 1. The summed E-state index contributed by atoms with van der Waals surface area (Å²) in [5, 5.41) is 14.1. The zero-order chi connectivity index (χ0) is 15.6. The molecule has 2 rings (SSSR count). The Bertz CT molecular complexity index is 605. The number of carbonyl (C=O) groups excluding carboxylic acids is 2. The third-order valence-electron chi connectivity index (χ3n) is 3.14. The van der Waals surface area contributed by atoms with Crippen LogP contribution in [0.15, 0.2) is 18.2 Å². The highest BCUT2D eigenvalue weighted by atomic mass is 35.5. The van der Waals surface area contributed by atoms with Gasteiger partial charge in [-0.2, -0.15) is 0 Å². The summed E-state index contributed by atoms with van der Waals surface area (Å²) in [5.41, 5.74) is 0.214. The molecule has 112 valence electrons. The van der Waals surface area contributed by atoms with Gasteiger partial charge in [0.05, 0.1) is 5.56 Å². The summed E-state index contributed by atoms with van der Waals surface area (Å²) in [6.45, 7) is 0.587. The molecule has 0 aliphatic carbocycles. The van der Waals surface area contributed by atoms with Crippen LogP contribution in [0, 0.1) is 0 Å². The van der Waals surface area contributed by atoms with Gasteiger partial charge < -0.3 is 20.6 Å². The smallest absolute Gasteiger partial charge is 0.335 e. The van der Waals surface area contributed by atoms with E-state index in [0.29, 0.717) is 13.0 Å². The average Bonchev–Trinajstić information content (AvgIpc) is 2.70. The number of carboxylic acids is 1. The Morgan fingerprint density at radius 1 is 1.38 bits per heavy atom. The lowest BCUT2D eigenvalue weighted by Crippen LogP contribution is -2.42. The number of nitrogens with one attached hydrogen (secondary N) is 2. The first-order valence-corrected chi connectivity index (χ1v) is 6.61. The summed E-state index contributed by atoms with van der Waals surface area (Å²) in [7, 11) is 1.66. The SMILES string of the molecule is CN1CCC(NC(=O)Nc2cc(Cl)cc(C(=O)O)c2)C1=O. The molecule has 0 bridgehead atoms. The van der Waals surface area contributed by atoms with Gasteiger partial charge in [0, 0.05) is 24.3 Å². The molecule has 7 nitrogen and oxygen atoms in total. The second-order valence-corrected chi connectivity index (χ2v) is 5.17. The minimum absolute atomic E-state index is 0.0329. The number of benzene rings is 1. The second-order valence-electron chi connectivity index (χ2n) is 4.73. The molecule has 0 radical (unpaired) electrons. The minimum Gasteiger partial charge on any atom is -0.478 e. The number of carbonyl (C=O) groups is 3. The summed E-state index contributed by atoms with van der Waals surface area (Å²) >= 11 is 5.79. The summed E-state index contributed by atoms with van der Waals surface area (Å²) in [6.07, 6.45) is 0.540. The molecule has 21 heavy (non-hydrogen) atoms. The first-order chi connectivity index (χ1) is 9.86. The van der Waals surface area contributed by atoms with Gasteiger partial charge in [0.15, 0.2) is 0 Å². The Hall–Kier alpha value is -2.28. The van der Waals surface area contributed by atoms with Crippen LogP contribution in [0.25, 0.3) is 0 Å². The Morgan fingerprint density at radius 3 is 2.67 bits per heavy atom. The standard InChI is InChI=1S/C13H14ClN3O4/c1-17-3-2-10(11(17)18)16-13(21)15-9-5-7(12(19)20)4-8(14)6-9/h4-6,10H,2-3H2,1H3,(H,19,20)(H2,15,16,21). The predicted molar refractivity (Wildman–Crippen MR) is 76.6 cm³/mol. The number of anilines is 1. The minimum atomic E-state index is -1.14. The van der Waals surface area contributed by atoms with Crippen LogP contribution in [0.5, 0.6) is 0 Å². The molecular formula is C13H14ClN3O4. The van der Waals surface area contributed by atoms with E-state index in [2.05, 4.69) is 10.6 Å². The molecule has 0 aromatic heterocycles. The van der Waals surface area contributed by atoms with E-state index in [0.717, 1.165) is 0 Å². The molecule has 1 aromatic carbocycles. The van der Waals surface area contributed by atoms with E-state index in [-0.39, 0.29) is 22.2 Å². The number of halogens is 1. The zero-order valence-corrected chi connectivity index (χ0v) is 12.0. The fourth-order valence-electron chi connectivity index (χ4n) is 2.07. The van der Waals surface area contributed by atoms with E-state index in [4.69, 9.17) is 16.7 Å². The number of rotatable bonds is 3. The molecule has 3 amide bonds. The van der Waals surface area contributed by atoms with Crippen molar-refractivity contribution in [1.82, 2.24) is 10.2 Å². The first-order valence-electron chi connectivity index (χ1n) is 6.23. The number of carboxylic acid groups (broad SMARTS) is 1. The fourth-order valence-corrected chi connectivity index (χ4v) is 2.30. The number of aromatic carboxylic acids is 1. The van der Waals surface area contributed by atoms with Gasteiger partial charge in [-0.25, -0.2) is 9.59 Å². The summed E-state index contributed by atoms with van der Waals surface area (Å²) in [5.74, 6) is -1.30. The Balaban J connectivity index is 2.03. The highest BCUT2D eigenvalue weighted by molar-refractivity contribution is 6.31. The lowest BCUT2D eigenvalue weighted by molar-refractivity contribution is -0.128. The van der Waals surface area contributed by atoms with E-state index in [1.807, 2.05) is 0 Å². The van der Waals surface area contributed by atoms with E-state index < -0.39 is 18.0 Å². The Labute approximate surface area is 125 Å². The van der Waals surface area contributed by atoms with Gasteiger partial charge >= 0.3 is 12.0 Å². The molecule has 0 saturated carbocycles. The largest absolute Gasteiger partial charge is 0.478 e. The van der Waals surface area contributed by atoms with Crippen molar-refractivity contribution in [2.24, 2.45) is 0 Å². The molecule has 1 aromatic rings. The van der Waals surface area contributed by atoms with Crippen molar-refractivity contribution >= 4 is 35.2 Å². The highest BCUT2D eigenvalue weighted by Crippen LogP contribution is 2.19. The summed E-state index contributed by atoms with van der Waals surface area (Å²) < 4.78 is 0. The Kier molecular flexibility index (Phi) is 4.32. The molecule has 1 aliphatic heterocycles.